The Labute approximate surface area is 148 Å². The van der Waals surface area contributed by atoms with Crippen LogP contribution in [0.1, 0.15) is 12.5 Å². The number of hydrogen-bond donors (Lipinski definition) is 1. The standard InChI is InChI=1S/C17H14ClN3O2S/c1-11(12-6-2-3-7-13(12)18)20-21-16(22)10-24-17-19-14-8-4-5-9-15(14)23-17/h2-9H,10H2,1H3,(H,21,22). The molecule has 3 aromatic rings. The number of hydrogen-bond acceptors (Lipinski definition) is 5. The molecule has 7 heteroatoms. The molecular weight excluding hydrogens is 346 g/mol. The molecule has 0 aliphatic heterocycles. The van der Waals surface area contributed by atoms with E-state index in [1.165, 1.54) is 11.8 Å². The smallest absolute Gasteiger partial charge is 0.257 e. The summed E-state index contributed by atoms with van der Waals surface area (Å²) >= 11 is 7.32. The van der Waals surface area contributed by atoms with Crippen molar-refractivity contribution in [3.05, 3.63) is 59.1 Å². The van der Waals surface area contributed by atoms with E-state index < -0.39 is 0 Å². The average molecular weight is 360 g/mol. The van der Waals surface area contributed by atoms with E-state index in [9.17, 15) is 4.79 Å². The molecule has 0 fully saturated rings. The first-order valence-corrected chi connectivity index (χ1v) is 8.56. The number of rotatable bonds is 5. The Morgan fingerprint density at radius 2 is 2.00 bits per heavy atom. The third-order valence-corrected chi connectivity index (χ3v) is 4.37. The summed E-state index contributed by atoms with van der Waals surface area (Å²) in [4.78, 5) is 16.2. The highest BCUT2D eigenvalue weighted by molar-refractivity contribution is 7.99. The van der Waals surface area contributed by atoms with Crippen molar-refractivity contribution in [2.24, 2.45) is 5.10 Å². The molecular formula is C17H14ClN3O2S. The van der Waals surface area contributed by atoms with Crippen LogP contribution in [0.3, 0.4) is 0 Å². The lowest BCUT2D eigenvalue weighted by atomic mass is 10.1. The van der Waals surface area contributed by atoms with Gasteiger partial charge in [0, 0.05) is 10.6 Å². The average Bonchev–Trinajstić information content (AvgIpc) is 3.01. The molecule has 0 aliphatic carbocycles. The summed E-state index contributed by atoms with van der Waals surface area (Å²) in [5.74, 6) is -0.0831. The summed E-state index contributed by atoms with van der Waals surface area (Å²) in [6.07, 6.45) is 0. The van der Waals surface area contributed by atoms with E-state index in [1.807, 2.05) is 42.5 Å². The van der Waals surface area contributed by atoms with E-state index in [4.69, 9.17) is 16.0 Å². The third kappa shape index (κ3) is 3.96. The van der Waals surface area contributed by atoms with E-state index in [2.05, 4.69) is 15.5 Å². The fourth-order valence-corrected chi connectivity index (χ4v) is 2.94. The van der Waals surface area contributed by atoms with Crippen molar-refractivity contribution in [3.8, 4) is 0 Å². The van der Waals surface area contributed by atoms with Crippen LogP contribution in [0, 0.1) is 0 Å². The van der Waals surface area contributed by atoms with Gasteiger partial charge in [-0.1, -0.05) is 53.7 Å². The molecule has 2 aromatic carbocycles. The normalized spacial score (nSPS) is 11.7. The number of hydrazone groups is 1. The molecule has 1 heterocycles. The zero-order chi connectivity index (χ0) is 16.9. The summed E-state index contributed by atoms with van der Waals surface area (Å²) in [7, 11) is 0. The molecule has 0 radical (unpaired) electrons. The van der Waals surface area contributed by atoms with Gasteiger partial charge in [0.1, 0.15) is 5.52 Å². The second-order valence-electron chi connectivity index (χ2n) is 4.95. The molecule has 0 spiro atoms. The van der Waals surface area contributed by atoms with Gasteiger partial charge in [0.2, 0.25) is 0 Å². The second kappa shape index (κ2) is 7.51. The van der Waals surface area contributed by atoms with Crippen molar-refractivity contribution >= 4 is 46.1 Å². The first-order chi connectivity index (χ1) is 11.6. The molecule has 1 aromatic heterocycles. The lowest BCUT2D eigenvalue weighted by Gasteiger charge is -2.04. The summed E-state index contributed by atoms with van der Waals surface area (Å²) in [5.41, 5.74) is 5.41. The number of nitrogens with one attached hydrogen (secondary N) is 1. The molecule has 24 heavy (non-hydrogen) atoms. The molecule has 1 amide bonds. The molecule has 0 saturated carbocycles. The topological polar surface area (TPSA) is 67.5 Å². The van der Waals surface area contributed by atoms with Crippen molar-refractivity contribution in [1.82, 2.24) is 10.4 Å². The minimum atomic E-state index is -0.242. The van der Waals surface area contributed by atoms with Gasteiger partial charge in [-0.3, -0.25) is 4.79 Å². The van der Waals surface area contributed by atoms with Gasteiger partial charge in [0.15, 0.2) is 5.58 Å². The number of aromatic nitrogens is 1. The van der Waals surface area contributed by atoms with Crippen LogP contribution in [0.25, 0.3) is 11.1 Å². The van der Waals surface area contributed by atoms with Crippen molar-refractivity contribution in [1.29, 1.82) is 0 Å². The zero-order valence-electron chi connectivity index (χ0n) is 12.8. The van der Waals surface area contributed by atoms with Crippen LogP contribution < -0.4 is 5.43 Å². The van der Waals surface area contributed by atoms with Crippen LogP contribution in [0.2, 0.25) is 5.02 Å². The maximum atomic E-state index is 11.9. The number of halogens is 1. The Kier molecular flexibility index (Phi) is 5.17. The molecule has 0 unspecified atom stereocenters. The zero-order valence-corrected chi connectivity index (χ0v) is 14.4. The Balaban J connectivity index is 1.57. The number of carbonyl (C=O) groups excluding carboxylic acids is 1. The third-order valence-electron chi connectivity index (χ3n) is 3.21. The summed E-state index contributed by atoms with van der Waals surface area (Å²) in [6, 6.07) is 14.8. The van der Waals surface area contributed by atoms with Gasteiger partial charge < -0.3 is 4.42 Å². The molecule has 0 atom stereocenters. The van der Waals surface area contributed by atoms with Gasteiger partial charge in [-0.15, -0.1) is 0 Å². The van der Waals surface area contributed by atoms with E-state index in [-0.39, 0.29) is 11.7 Å². The highest BCUT2D eigenvalue weighted by atomic mass is 35.5. The molecule has 0 saturated heterocycles. The maximum Gasteiger partial charge on any atom is 0.257 e. The maximum absolute atomic E-state index is 11.9. The summed E-state index contributed by atoms with van der Waals surface area (Å²) < 4.78 is 5.55. The van der Waals surface area contributed by atoms with Gasteiger partial charge in [-0.25, -0.2) is 10.4 Å². The fraction of sp³-hybridized carbons (Fsp3) is 0.118. The second-order valence-corrected chi connectivity index (χ2v) is 6.28. The van der Waals surface area contributed by atoms with Crippen molar-refractivity contribution in [3.63, 3.8) is 0 Å². The Hall–Kier alpha value is -2.31. The molecule has 0 bridgehead atoms. The number of nitrogens with zero attached hydrogens (tertiary/aromatic N) is 2. The van der Waals surface area contributed by atoms with Crippen LogP contribution in [0.4, 0.5) is 0 Å². The minimum absolute atomic E-state index is 0.159. The highest BCUT2D eigenvalue weighted by Gasteiger charge is 2.09. The molecule has 5 nitrogen and oxygen atoms in total. The van der Waals surface area contributed by atoms with E-state index in [1.54, 1.807) is 13.0 Å². The van der Waals surface area contributed by atoms with Crippen molar-refractivity contribution < 1.29 is 9.21 Å². The van der Waals surface area contributed by atoms with E-state index >= 15 is 0 Å². The number of para-hydroxylation sites is 2. The number of carbonyl (C=O) groups is 1. The SMILES string of the molecule is CC(=NNC(=O)CSc1nc2ccccc2o1)c1ccccc1Cl. The largest absolute Gasteiger partial charge is 0.431 e. The lowest BCUT2D eigenvalue weighted by Crippen LogP contribution is -2.21. The number of fused-ring (bicyclic) bond motifs is 1. The van der Waals surface area contributed by atoms with Crippen LogP contribution in [0.15, 0.2) is 63.3 Å². The number of benzene rings is 2. The first-order valence-electron chi connectivity index (χ1n) is 7.20. The van der Waals surface area contributed by atoms with Crippen LogP contribution in [0.5, 0.6) is 0 Å². The van der Waals surface area contributed by atoms with Gasteiger partial charge in [0.05, 0.1) is 11.5 Å². The first kappa shape index (κ1) is 16.5. The monoisotopic (exact) mass is 359 g/mol. The minimum Gasteiger partial charge on any atom is -0.431 e. The Morgan fingerprint density at radius 1 is 1.25 bits per heavy atom. The molecule has 0 aliphatic rings. The number of thioether (sulfide) groups is 1. The lowest BCUT2D eigenvalue weighted by molar-refractivity contribution is -0.118. The van der Waals surface area contributed by atoms with Gasteiger partial charge >= 0.3 is 0 Å². The highest BCUT2D eigenvalue weighted by Crippen LogP contribution is 2.22. The van der Waals surface area contributed by atoms with Gasteiger partial charge in [-0.2, -0.15) is 5.10 Å². The van der Waals surface area contributed by atoms with Crippen LogP contribution in [-0.4, -0.2) is 22.4 Å². The molecule has 3 rings (SSSR count). The van der Waals surface area contributed by atoms with Gasteiger partial charge in [-0.05, 0) is 25.1 Å². The van der Waals surface area contributed by atoms with Crippen LogP contribution >= 0.6 is 23.4 Å². The number of amides is 1. The fourth-order valence-electron chi connectivity index (χ4n) is 2.03. The van der Waals surface area contributed by atoms with Crippen LogP contribution in [-0.2, 0) is 4.79 Å². The predicted octanol–water partition coefficient (Wildman–Crippen LogP) is 4.11. The Bertz CT molecular complexity index is 874. The van der Waals surface area contributed by atoms with E-state index in [0.29, 0.717) is 21.5 Å². The summed E-state index contributed by atoms with van der Waals surface area (Å²) in [5, 5.41) is 5.13. The van der Waals surface area contributed by atoms with Crippen molar-refractivity contribution in [2.45, 2.75) is 12.1 Å². The van der Waals surface area contributed by atoms with E-state index in [0.717, 1.165) is 11.1 Å². The number of oxazole rings is 1. The molecule has 122 valence electrons. The molecule has 1 N–H and O–H groups in total. The van der Waals surface area contributed by atoms with Crippen molar-refractivity contribution in [2.75, 3.05) is 5.75 Å². The quantitative estimate of drug-likeness (QED) is 0.423. The predicted molar refractivity (Wildman–Crippen MR) is 96.5 cm³/mol. The Morgan fingerprint density at radius 3 is 2.79 bits per heavy atom. The summed E-state index contributed by atoms with van der Waals surface area (Å²) in [6.45, 7) is 1.79. The van der Waals surface area contributed by atoms with Gasteiger partial charge in [0.25, 0.3) is 11.1 Å².